The van der Waals surface area contributed by atoms with Crippen molar-refractivity contribution in [3.8, 4) is 0 Å². The molecule has 0 aliphatic rings. The third kappa shape index (κ3) is 4.26. The second kappa shape index (κ2) is 6.18. The van der Waals surface area contributed by atoms with Crippen LogP contribution in [0.5, 0.6) is 0 Å². The lowest BCUT2D eigenvalue weighted by Crippen LogP contribution is -2.26. The van der Waals surface area contributed by atoms with E-state index in [0.717, 1.165) is 10.0 Å². The molecule has 0 heterocycles. The van der Waals surface area contributed by atoms with Crippen LogP contribution in [0.15, 0.2) is 28.7 Å². The van der Waals surface area contributed by atoms with Crippen molar-refractivity contribution < 1.29 is 4.79 Å². The van der Waals surface area contributed by atoms with Crippen LogP contribution in [0.4, 0.5) is 0 Å². The number of halogens is 1. The first-order valence-corrected chi connectivity index (χ1v) is 6.15. The van der Waals surface area contributed by atoms with Crippen molar-refractivity contribution >= 4 is 34.5 Å². The molecule has 0 aliphatic carbocycles. The Kier molecular flexibility index (Phi) is 5.19. The molecule has 0 saturated heterocycles. The van der Waals surface area contributed by atoms with E-state index in [1.54, 1.807) is 4.90 Å². The molecule has 0 atom stereocenters. The Morgan fingerprint density at radius 3 is 2.87 bits per heavy atom. The molecule has 1 aromatic rings. The number of hydrogen-bond donors (Lipinski definition) is 1. The predicted octanol–water partition coefficient (Wildman–Crippen LogP) is 2.73. The van der Waals surface area contributed by atoms with Crippen LogP contribution in [-0.4, -0.2) is 23.6 Å². The third-order valence-electron chi connectivity index (χ3n) is 2.06. The molecule has 82 valence electrons. The summed E-state index contributed by atoms with van der Waals surface area (Å²) in [4.78, 5) is 13.2. The Hall–Kier alpha value is -0.480. The highest BCUT2D eigenvalue weighted by Crippen LogP contribution is 2.13. The highest BCUT2D eigenvalue weighted by atomic mass is 79.9. The standard InChI is InChI=1S/C11H14BrNOS/c1-13(11(14)5-6-15)8-9-3-2-4-10(12)7-9/h2-4,7,15H,5-6,8H2,1H3. The molecular weight excluding hydrogens is 274 g/mol. The molecule has 2 nitrogen and oxygen atoms in total. The highest BCUT2D eigenvalue weighted by molar-refractivity contribution is 9.10. The number of nitrogens with zero attached hydrogens (tertiary/aromatic N) is 1. The number of hydrogen-bond acceptors (Lipinski definition) is 2. The van der Waals surface area contributed by atoms with Gasteiger partial charge < -0.3 is 4.90 Å². The van der Waals surface area contributed by atoms with Crippen LogP contribution in [-0.2, 0) is 11.3 Å². The Morgan fingerprint density at radius 1 is 1.53 bits per heavy atom. The lowest BCUT2D eigenvalue weighted by Gasteiger charge is -2.16. The molecule has 4 heteroatoms. The molecule has 0 aliphatic heterocycles. The van der Waals surface area contributed by atoms with Crippen LogP contribution >= 0.6 is 28.6 Å². The molecule has 0 fully saturated rings. The summed E-state index contributed by atoms with van der Waals surface area (Å²) in [6, 6.07) is 7.97. The largest absolute Gasteiger partial charge is 0.341 e. The Bertz CT molecular complexity index is 343. The number of thiol groups is 1. The van der Waals surface area contributed by atoms with E-state index in [1.807, 2.05) is 31.3 Å². The first-order chi connectivity index (χ1) is 7.13. The average Bonchev–Trinajstić information content (AvgIpc) is 2.18. The Balaban J connectivity index is 2.58. The van der Waals surface area contributed by atoms with Crippen molar-refractivity contribution in [3.63, 3.8) is 0 Å². The van der Waals surface area contributed by atoms with E-state index in [0.29, 0.717) is 18.7 Å². The van der Waals surface area contributed by atoms with E-state index < -0.39 is 0 Å². The topological polar surface area (TPSA) is 20.3 Å². The molecule has 0 saturated carbocycles. The monoisotopic (exact) mass is 287 g/mol. The van der Waals surface area contributed by atoms with Crippen molar-refractivity contribution in [2.24, 2.45) is 0 Å². The zero-order chi connectivity index (χ0) is 11.3. The fraction of sp³-hybridized carbons (Fsp3) is 0.364. The van der Waals surface area contributed by atoms with E-state index in [1.165, 1.54) is 0 Å². The smallest absolute Gasteiger partial charge is 0.223 e. The fourth-order valence-corrected chi connectivity index (χ4v) is 1.92. The maximum absolute atomic E-state index is 11.5. The van der Waals surface area contributed by atoms with Gasteiger partial charge in [-0.05, 0) is 23.4 Å². The summed E-state index contributed by atoms with van der Waals surface area (Å²) >= 11 is 7.45. The van der Waals surface area contributed by atoms with Gasteiger partial charge in [0.05, 0.1) is 0 Å². The minimum absolute atomic E-state index is 0.130. The molecular formula is C11H14BrNOS. The van der Waals surface area contributed by atoms with E-state index in [2.05, 4.69) is 28.6 Å². The summed E-state index contributed by atoms with van der Waals surface area (Å²) in [5, 5.41) is 0. The zero-order valence-electron chi connectivity index (χ0n) is 8.61. The minimum atomic E-state index is 0.130. The molecule has 0 bridgehead atoms. The van der Waals surface area contributed by atoms with Gasteiger partial charge in [-0.3, -0.25) is 4.79 Å². The molecule has 0 unspecified atom stereocenters. The van der Waals surface area contributed by atoms with E-state index in [4.69, 9.17) is 0 Å². The molecule has 0 N–H and O–H groups in total. The van der Waals surface area contributed by atoms with Crippen molar-refractivity contribution in [2.75, 3.05) is 12.8 Å². The Labute approximate surface area is 104 Å². The van der Waals surface area contributed by atoms with E-state index in [-0.39, 0.29) is 5.91 Å². The first kappa shape index (κ1) is 12.6. The summed E-state index contributed by atoms with van der Waals surface area (Å²) in [7, 11) is 1.81. The number of amides is 1. The van der Waals surface area contributed by atoms with Gasteiger partial charge in [-0.25, -0.2) is 0 Å². The quantitative estimate of drug-likeness (QED) is 0.845. The van der Waals surface area contributed by atoms with Gasteiger partial charge in [0.2, 0.25) is 5.91 Å². The lowest BCUT2D eigenvalue weighted by molar-refractivity contribution is -0.129. The fourth-order valence-electron chi connectivity index (χ4n) is 1.28. The number of carbonyl (C=O) groups is 1. The van der Waals surface area contributed by atoms with Gasteiger partial charge in [-0.15, -0.1) is 0 Å². The highest BCUT2D eigenvalue weighted by Gasteiger charge is 2.07. The predicted molar refractivity (Wildman–Crippen MR) is 69.1 cm³/mol. The first-order valence-electron chi connectivity index (χ1n) is 4.72. The van der Waals surface area contributed by atoms with Gasteiger partial charge in [0.25, 0.3) is 0 Å². The van der Waals surface area contributed by atoms with Gasteiger partial charge >= 0.3 is 0 Å². The second-order valence-electron chi connectivity index (χ2n) is 3.35. The van der Waals surface area contributed by atoms with Gasteiger partial charge in [-0.1, -0.05) is 28.1 Å². The van der Waals surface area contributed by atoms with Crippen LogP contribution in [0, 0.1) is 0 Å². The van der Waals surface area contributed by atoms with Gasteiger partial charge in [0.15, 0.2) is 0 Å². The molecule has 0 radical (unpaired) electrons. The third-order valence-corrected chi connectivity index (χ3v) is 2.78. The van der Waals surface area contributed by atoms with E-state index >= 15 is 0 Å². The SMILES string of the molecule is CN(Cc1cccc(Br)c1)C(=O)CCS. The number of rotatable bonds is 4. The summed E-state index contributed by atoms with van der Waals surface area (Å²) in [5.41, 5.74) is 1.12. The number of benzene rings is 1. The van der Waals surface area contributed by atoms with E-state index in [9.17, 15) is 4.79 Å². The van der Waals surface area contributed by atoms with Crippen LogP contribution in [0.25, 0.3) is 0 Å². The van der Waals surface area contributed by atoms with Crippen LogP contribution < -0.4 is 0 Å². The molecule has 15 heavy (non-hydrogen) atoms. The maximum Gasteiger partial charge on any atom is 0.223 e. The summed E-state index contributed by atoms with van der Waals surface area (Å²) in [5.74, 6) is 0.728. The maximum atomic E-state index is 11.5. The summed E-state index contributed by atoms with van der Waals surface area (Å²) in [6.07, 6.45) is 0.494. The Morgan fingerprint density at radius 2 is 2.27 bits per heavy atom. The summed E-state index contributed by atoms with van der Waals surface area (Å²) in [6.45, 7) is 0.645. The van der Waals surface area contributed by atoms with Crippen molar-refractivity contribution in [1.82, 2.24) is 4.90 Å². The van der Waals surface area contributed by atoms with Crippen LogP contribution in [0.3, 0.4) is 0 Å². The van der Waals surface area contributed by atoms with Gasteiger partial charge in [0.1, 0.15) is 0 Å². The second-order valence-corrected chi connectivity index (χ2v) is 4.72. The minimum Gasteiger partial charge on any atom is -0.341 e. The molecule has 1 aromatic carbocycles. The molecule has 0 aromatic heterocycles. The van der Waals surface area contributed by atoms with Crippen molar-refractivity contribution in [1.29, 1.82) is 0 Å². The number of carbonyl (C=O) groups excluding carboxylic acids is 1. The van der Waals surface area contributed by atoms with Crippen LogP contribution in [0.1, 0.15) is 12.0 Å². The van der Waals surface area contributed by atoms with Crippen molar-refractivity contribution in [2.45, 2.75) is 13.0 Å². The molecule has 1 amide bonds. The molecule has 0 spiro atoms. The average molecular weight is 288 g/mol. The van der Waals surface area contributed by atoms with Gasteiger partial charge in [0, 0.05) is 24.5 Å². The molecule has 1 rings (SSSR count). The van der Waals surface area contributed by atoms with Crippen LogP contribution in [0.2, 0.25) is 0 Å². The normalized spacial score (nSPS) is 10.1. The van der Waals surface area contributed by atoms with Crippen molar-refractivity contribution in [3.05, 3.63) is 34.3 Å². The summed E-state index contributed by atoms with van der Waals surface area (Å²) < 4.78 is 1.04. The lowest BCUT2D eigenvalue weighted by atomic mass is 10.2. The zero-order valence-corrected chi connectivity index (χ0v) is 11.1. The van der Waals surface area contributed by atoms with Gasteiger partial charge in [-0.2, -0.15) is 12.6 Å².